The summed E-state index contributed by atoms with van der Waals surface area (Å²) in [4.78, 5) is 0. The third-order valence-electron chi connectivity index (χ3n) is 3.20. The van der Waals surface area contributed by atoms with Crippen LogP contribution in [0.5, 0.6) is 5.75 Å². The molecule has 0 aliphatic heterocycles. The van der Waals surface area contributed by atoms with Gasteiger partial charge in [0.2, 0.25) is 0 Å². The Morgan fingerprint density at radius 2 is 2.19 bits per heavy atom. The fourth-order valence-corrected chi connectivity index (χ4v) is 1.94. The lowest BCUT2D eigenvalue weighted by Gasteiger charge is -2.28. The van der Waals surface area contributed by atoms with Gasteiger partial charge in [0, 0.05) is 18.2 Å². The normalized spacial score (nSPS) is 17.9. The quantitative estimate of drug-likeness (QED) is 0.797. The predicted octanol–water partition coefficient (Wildman–Crippen LogP) is 1.87. The summed E-state index contributed by atoms with van der Waals surface area (Å²) in [5, 5.41) is 13.4. The van der Waals surface area contributed by atoms with E-state index in [0.29, 0.717) is 12.6 Å². The number of aliphatic hydroxyl groups excluding tert-OH is 1. The van der Waals surface area contributed by atoms with Crippen LogP contribution in [0.2, 0.25) is 0 Å². The Morgan fingerprint density at radius 3 is 2.81 bits per heavy atom. The lowest BCUT2D eigenvalue weighted by Crippen LogP contribution is -2.37. The van der Waals surface area contributed by atoms with Gasteiger partial charge < -0.3 is 15.2 Å². The minimum absolute atomic E-state index is 0.489. The van der Waals surface area contributed by atoms with Crippen molar-refractivity contribution in [2.75, 3.05) is 13.7 Å². The van der Waals surface area contributed by atoms with Gasteiger partial charge in [-0.05, 0) is 18.9 Å². The second-order valence-electron chi connectivity index (χ2n) is 4.29. The van der Waals surface area contributed by atoms with Gasteiger partial charge in [-0.2, -0.15) is 0 Å². The zero-order chi connectivity index (χ0) is 11.4. The fraction of sp³-hybridized carbons (Fsp3) is 0.538. The third kappa shape index (κ3) is 2.54. The molecule has 1 aromatic rings. The Labute approximate surface area is 96.4 Å². The van der Waals surface area contributed by atoms with Gasteiger partial charge >= 0.3 is 0 Å². The standard InChI is InChI=1S/C13H19NO2/c1-16-13-8-3-2-7-11(13)12(15)9-14-10-5-4-6-10/h2-3,7-8,10,12,14-15H,4-6,9H2,1H3. The highest BCUT2D eigenvalue weighted by atomic mass is 16.5. The van der Waals surface area contributed by atoms with E-state index in [-0.39, 0.29) is 0 Å². The maximum absolute atomic E-state index is 10.1. The third-order valence-corrected chi connectivity index (χ3v) is 3.20. The molecule has 1 unspecified atom stereocenters. The molecule has 1 aliphatic carbocycles. The maximum Gasteiger partial charge on any atom is 0.124 e. The summed E-state index contributed by atoms with van der Waals surface area (Å²) in [7, 11) is 1.63. The number of hydrogen-bond donors (Lipinski definition) is 2. The molecule has 1 fully saturated rings. The number of para-hydroxylation sites is 1. The summed E-state index contributed by atoms with van der Waals surface area (Å²) in [6.07, 6.45) is 3.29. The highest BCUT2D eigenvalue weighted by Gasteiger charge is 2.19. The fourth-order valence-electron chi connectivity index (χ4n) is 1.94. The molecular weight excluding hydrogens is 202 g/mol. The second-order valence-corrected chi connectivity index (χ2v) is 4.29. The minimum atomic E-state index is -0.489. The molecule has 0 bridgehead atoms. The van der Waals surface area contributed by atoms with Gasteiger partial charge in [0.05, 0.1) is 13.2 Å². The van der Waals surface area contributed by atoms with Crippen LogP contribution in [-0.4, -0.2) is 24.8 Å². The van der Waals surface area contributed by atoms with Crippen LogP contribution in [0.1, 0.15) is 30.9 Å². The van der Waals surface area contributed by atoms with E-state index in [9.17, 15) is 5.11 Å². The van der Waals surface area contributed by atoms with Crippen molar-refractivity contribution in [2.24, 2.45) is 0 Å². The van der Waals surface area contributed by atoms with Gasteiger partial charge in [0.25, 0.3) is 0 Å². The van der Waals surface area contributed by atoms with Gasteiger partial charge in [0.15, 0.2) is 0 Å². The summed E-state index contributed by atoms with van der Waals surface area (Å²) >= 11 is 0. The van der Waals surface area contributed by atoms with Crippen molar-refractivity contribution in [3.8, 4) is 5.75 Å². The lowest BCUT2D eigenvalue weighted by atomic mass is 9.93. The van der Waals surface area contributed by atoms with E-state index in [1.165, 1.54) is 19.3 Å². The monoisotopic (exact) mass is 221 g/mol. The molecule has 0 amide bonds. The van der Waals surface area contributed by atoms with Gasteiger partial charge in [-0.15, -0.1) is 0 Å². The van der Waals surface area contributed by atoms with Gasteiger partial charge in [-0.3, -0.25) is 0 Å². The van der Waals surface area contributed by atoms with Crippen molar-refractivity contribution in [2.45, 2.75) is 31.4 Å². The molecule has 1 saturated carbocycles. The van der Waals surface area contributed by atoms with Crippen LogP contribution in [0.15, 0.2) is 24.3 Å². The molecule has 16 heavy (non-hydrogen) atoms. The van der Waals surface area contributed by atoms with E-state index < -0.39 is 6.10 Å². The lowest BCUT2D eigenvalue weighted by molar-refractivity contribution is 0.158. The molecule has 0 spiro atoms. The first-order valence-electron chi connectivity index (χ1n) is 5.85. The molecule has 2 N–H and O–H groups in total. The zero-order valence-corrected chi connectivity index (χ0v) is 9.65. The predicted molar refractivity (Wildman–Crippen MR) is 63.6 cm³/mol. The highest BCUT2D eigenvalue weighted by Crippen LogP contribution is 2.25. The first-order chi connectivity index (χ1) is 7.81. The topological polar surface area (TPSA) is 41.5 Å². The Hall–Kier alpha value is -1.06. The average molecular weight is 221 g/mol. The van der Waals surface area contributed by atoms with Crippen LogP contribution in [-0.2, 0) is 0 Å². The largest absolute Gasteiger partial charge is 0.496 e. The molecular formula is C13H19NO2. The molecule has 3 heteroatoms. The summed E-state index contributed by atoms with van der Waals surface area (Å²) in [6.45, 7) is 0.602. The number of methoxy groups -OCH3 is 1. The smallest absolute Gasteiger partial charge is 0.124 e. The maximum atomic E-state index is 10.1. The van der Waals surface area contributed by atoms with Crippen molar-refractivity contribution in [1.29, 1.82) is 0 Å². The van der Waals surface area contributed by atoms with E-state index in [2.05, 4.69) is 5.32 Å². The average Bonchev–Trinajstić information content (AvgIpc) is 2.26. The highest BCUT2D eigenvalue weighted by molar-refractivity contribution is 5.35. The minimum Gasteiger partial charge on any atom is -0.496 e. The van der Waals surface area contributed by atoms with E-state index in [0.717, 1.165) is 11.3 Å². The molecule has 1 atom stereocenters. The summed E-state index contributed by atoms with van der Waals surface area (Å²) < 4.78 is 5.23. The number of ether oxygens (including phenoxy) is 1. The van der Waals surface area contributed by atoms with E-state index >= 15 is 0 Å². The van der Waals surface area contributed by atoms with E-state index in [1.54, 1.807) is 7.11 Å². The molecule has 1 aliphatic rings. The van der Waals surface area contributed by atoms with Crippen molar-refractivity contribution < 1.29 is 9.84 Å². The Balaban J connectivity index is 1.93. The summed E-state index contributed by atoms with van der Waals surface area (Å²) in [6, 6.07) is 8.22. The van der Waals surface area contributed by atoms with Crippen molar-refractivity contribution in [3.05, 3.63) is 29.8 Å². The van der Waals surface area contributed by atoms with Crippen LogP contribution in [0.3, 0.4) is 0 Å². The number of hydrogen-bond acceptors (Lipinski definition) is 3. The van der Waals surface area contributed by atoms with E-state index in [4.69, 9.17) is 4.74 Å². The number of aliphatic hydroxyl groups is 1. The summed E-state index contributed by atoms with van der Waals surface area (Å²) in [5.41, 5.74) is 0.858. The number of nitrogens with one attached hydrogen (secondary N) is 1. The Morgan fingerprint density at radius 1 is 1.44 bits per heavy atom. The van der Waals surface area contributed by atoms with Gasteiger partial charge in [0.1, 0.15) is 5.75 Å². The first kappa shape index (κ1) is 11.4. The first-order valence-corrected chi connectivity index (χ1v) is 5.85. The molecule has 2 rings (SSSR count). The van der Waals surface area contributed by atoms with Crippen LogP contribution >= 0.6 is 0 Å². The van der Waals surface area contributed by atoms with Crippen molar-refractivity contribution in [3.63, 3.8) is 0 Å². The summed E-state index contributed by atoms with van der Waals surface area (Å²) in [5.74, 6) is 0.755. The second kappa shape index (κ2) is 5.32. The van der Waals surface area contributed by atoms with Crippen LogP contribution in [0.25, 0.3) is 0 Å². The number of benzene rings is 1. The molecule has 0 saturated heterocycles. The van der Waals surface area contributed by atoms with E-state index in [1.807, 2.05) is 24.3 Å². The zero-order valence-electron chi connectivity index (χ0n) is 9.65. The number of rotatable bonds is 5. The Kier molecular flexibility index (Phi) is 3.80. The van der Waals surface area contributed by atoms with Crippen molar-refractivity contribution >= 4 is 0 Å². The molecule has 1 aromatic carbocycles. The van der Waals surface area contributed by atoms with Crippen LogP contribution in [0, 0.1) is 0 Å². The Bertz CT molecular complexity index is 336. The van der Waals surface area contributed by atoms with Gasteiger partial charge in [-0.1, -0.05) is 24.6 Å². The van der Waals surface area contributed by atoms with Crippen LogP contribution < -0.4 is 10.1 Å². The molecule has 88 valence electrons. The van der Waals surface area contributed by atoms with Crippen molar-refractivity contribution in [1.82, 2.24) is 5.32 Å². The molecule has 3 nitrogen and oxygen atoms in total. The van der Waals surface area contributed by atoms with Crippen LogP contribution in [0.4, 0.5) is 0 Å². The SMILES string of the molecule is COc1ccccc1C(O)CNC1CCC1. The molecule has 0 radical (unpaired) electrons. The van der Waals surface area contributed by atoms with Gasteiger partial charge in [-0.25, -0.2) is 0 Å². The molecule has 0 heterocycles. The molecule has 0 aromatic heterocycles.